The van der Waals surface area contributed by atoms with Gasteiger partial charge in [0.1, 0.15) is 11.9 Å². The number of hydrogen-bond donors (Lipinski definition) is 4. The number of alkyl carbamates (subject to hydrolysis) is 1. The Bertz CT molecular complexity index is 888. The van der Waals surface area contributed by atoms with Crippen LogP contribution in [0.5, 0.6) is 0 Å². The number of amides is 1. The Kier molecular flexibility index (Phi) is 10.4. The number of H-pyrrole nitrogens is 1. The van der Waals surface area contributed by atoms with E-state index >= 15 is 0 Å². The van der Waals surface area contributed by atoms with Gasteiger partial charge in [-0.3, -0.25) is 5.10 Å². The third-order valence-corrected chi connectivity index (χ3v) is 5.17. The van der Waals surface area contributed by atoms with Crippen LogP contribution >= 0.6 is 24.0 Å². The smallest absolute Gasteiger partial charge is 0.407 e. The van der Waals surface area contributed by atoms with E-state index in [2.05, 4.69) is 50.2 Å². The van der Waals surface area contributed by atoms with E-state index in [4.69, 9.17) is 9.73 Å². The molecule has 9 nitrogen and oxygen atoms in total. The van der Waals surface area contributed by atoms with Gasteiger partial charge < -0.3 is 20.7 Å². The molecule has 0 spiro atoms. The molecule has 3 rings (SSSR count). The van der Waals surface area contributed by atoms with Gasteiger partial charge in [0.05, 0.1) is 6.54 Å². The highest BCUT2D eigenvalue weighted by atomic mass is 127. The molecule has 0 radical (unpaired) electrons. The van der Waals surface area contributed by atoms with Crippen LogP contribution in [0.2, 0.25) is 0 Å². The van der Waals surface area contributed by atoms with E-state index < -0.39 is 5.60 Å². The van der Waals surface area contributed by atoms with Crippen molar-refractivity contribution in [2.45, 2.75) is 77.6 Å². The second-order valence-electron chi connectivity index (χ2n) is 9.07. The maximum atomic E-state index is 12.0. The van der Waals surface area contributed by atoms with Crippen molar-refractivity contribution in [3.8, 4) is 11.4 Å². The van der Waals surface area contributed by atoms with Gasteiger partial charge in [0.2, 0.25) is 0 Å². The van der Waals surface area contributed by atoms with Gasteiger partial charge in [-0.25, -0.2) is 14.8 Å². The normalized spacial score (nSPS) is 18.7. The Hall–Kier alpha value is -2.37. The first kappa shape index (κ1) is 26.9. The van der Waals surface area contributed by atoms with Crippen molar-refractivity contribution in [3.05, 3.63) is 36.2 Å². The molecule has 4 N–H and O–H groups in total. The summed E-state index contributed by atoms with van der Waals surface area (Å²) in [6, 6.07) is 8.61. The SMILES string of the molecule is CCNC(=NCc1cccc(-c2ncn[nH]2)c1)NC1CCC(NC(=O)OC(C)(C)C)CC1.I. The van der Waals surface area contributed by atoms with E-state index in [1.807, 2.05) is 32.9 Å². The Balaban J connectivity index is 0.00000385. The van der Waals surface area contributed by atoms with Crippen molar-refractivity contribution in [1.82, 2.24) is 31.1 Å². The quantitative estimate of drug-likeness (QED) is 0.238. The number of carbonyl (C=O) groups excluding carboxylic acids is 1. The van der Waals surface area contributed by atoms with E-state index in [0.29, 0.717) is 12.6 Å². The fraction of sp³-hybridized carbons (Fsp3) is 0.565. The summed E-state index contributed by atoms with van der Waals surface area (Å²) in [5.74, 6) is 1.55. The third kappa shape index (κ3) is 9.18. The fourth-order valence-electron chi connectivity index (χ4n) is 3.70. The number of nitrogens with zero attached hydrogens (tertiary/aromatic N) is 3. The van der Waals surface area contributed by atoms with Gasteiger partial charge >= 0.3 is 6.09 Å². The zero-order chi connectivity index (χ0) is 23.0. The zero-order valence-electron chi connectivity index (χ0n) is 19.9. The first-order chi connectivity index (χ1) is 15.3. The van der Waals surface area contributed by atoms with Crippen molar-refractivity contribution >= 4 is 36.0 Å². The Labute approximate surface area is 213 Å². The van der Waals surface area contributed by atoms with Crippen LogP contribution in [0.25, 0.3) is 11.4 Å². The van der Waals surface area contributed by atoms with Crippen molar-refractivity contribution in [2.75, 3.05) is 6.54 Å². The fourth-order valence-corrected chi connectivity index (χ4v) is 3.70. The van der Waals surface area contributed by atoms with E-state index in [0.717, 1.165) is 55.1 Å². The van der Waals surface area contributed by atoms with Gasteiger partial charge in [0.15, 0.2) is 11.8 Å². The van der Waals surface area contributed by atoms with Gasteiger partial charge in [-0.15, -0.1) is 24.0 Å². The molecule has 0 unspecified atom stereocenters. The topological polar surface area (TPSA) is 116 Å². The van der Waals surface area contributed by atoms with E-state index in [1.165, 1.54) is 6.33 Å². The number of aliphatic imine (C=N–C) groups is 1. The van der Waals surface area contributed by atoms with Crippen LogP contribution in [-0.2, 0) is 11.3 Å². The Morgan fingerprint density at radius 3 is 2.48 bits per heavy atom. The molecule has 1 aliphatic rings. The Morgan fingerprint density at radius 2 is 1.88 bits per heavy atom. The molecule has 33 heavy (non-hydrogen) atoms. The summed E-state index contributed by atoms with van der Waals surface area (Å²) in [7, 11) is 0. The minimum atomic E-state index is -0.478. The lowest BCUT2D eigenvalue weighted by atomic mass is 9.91. The number of aromatic amines is 1. The maximum absolute atomic E-state index is 12.0. The summed E-state index contributed by atoms with van der Waals surface area (Å²) >= 11 is 0. The second-order valence-corrected chi connectivity index (χ2v) is 9.07. The predicted molar refractivity (Wildman–Crippen MR) is 141 cm³/mol. The number of aromatic nitrogens is 3. The molecule has 1 saturated carbocycles. The molecule has 2 aromatic rings. The number of carbonyl (C=O) groups is 1. The lowest BCUT2D eigenvalue weighted by Crippen LogP contribution is -2.48. The molecular weight excluding hydrogens is 533 g/mol. The molecule has 10 heteroatoms. The lowest BCUT2D eigenvalue weighted by Gasteiger charge is -2.31. The van der Waals surface area contributed by atoms with Crippen LogP contribution in [0.1, 0.15) is 58.9 Å². The molecule has 0 atom stereocenters. The number of guanidine groups is 1. The highest BCUT2D eigenvalue weighted by Gasteiger charge is 2.25. The Morgan fingerprint density at radius 1 is 1.18 bits per heavy atom. The minimum Gasteiger partial charge on any atom is -0.444 e. The molecule has 0 aliphatic heterocycles. The van der Waals surface area contributed by atoms with Crippen molar-refractivity contribution in [2.24, 2.45) is 4.99 Å². The summed E-state index contributed by atoms with van der Waals surface area (Å²) in [6.07, 6.45) is 4.92. The van der Waals surface area contributed by atoms with E-state index in [-0.39, 0.29) is 36.1 Å². The summed E-state index contributed by atoms with van der Waals surface area (Å²) in [5.41, 5.74) is 1.61. The standard InChI is InChI=1S/C23H35N7O2.HI/c1-5-24-21(25-14-16-7-6-8-17(13-16)20-26-15-27-30-20)28-18-9-11-19(12-10-18)29-22(31)32-23(2,3)4;/h6-8,13,15,18-19H,5,9-12,14H2,1-4H3,(H,29,31)(H2,24,25,28)(H,26,27,30);1H. The van der Waals surface area contributed by atoms with Gasteiger partial charge in [-0.05, 0) is 65.0 Å². The average Bonchev–Trinajstić information content (AvgIpc) is 3.27. The van der Waals surface area contributed by atoms with Crippen LogP contribution in [0.4, 0.5) is 4.79 Å². The van der Waals surface area contributed by atoms with Crippen LogP contribution < -0.4 is 16.0 Å². The van der Waals surface area contributed by atoms with Crippen molar-refractivity contribution in [3.63, 3.8) is 0 Å². The van der Waals surface area contributed by atoms with Crippen LogP contribution in [0, 0.1) is 0 Å². The van der Waals surface area contributed by atoms with E-state index in [1.54, 1.807) is 0 Å². The van der Waals surface area contributed by atoms with Gasteiger partial charge in [0, 0.05) is 24.2 Å². The molecule has 1 amide bonds. The van der Waals surface area contributed by atoms with E-state index in [9.17, 15) is 4.79 Å². The first-order valence-electron chi connectivity index (χ1n) is 11.3. The van der Waals surface area contributed by atoms with Crippen molar-refractivity contribution < 1.29 is 9.53 Å². The molecule has 1 aromatic carbocycles. The first-order valence-corrected chi connectivity index (χ1v) is 11.3. The molecule has 182 valence electrons. The minimum absolute atomic E-state index is 0. The molecule has 1 aromatic heterocycles. The number of rotatable bonds is 6. The predicted octanol–water partition coefficient (Wildman–Crippen LogP) is 3.98. The largest absolute Gasteiger partial charge is 0.444 e. The average molecular weight is 569 g/mol. The van der Waals surface area contributed by atoms with Gasteiger partial charge in [-0.2, -0.15) is 5.10 Å². The van der Waals surface area contributed by atoms with Crippen molar-refractivity contribution in [1.29, 1.82) is 0 Å². The number of halogens is 1. The summed E-state index contributed by atoms with van der Waals surface area (Å²) < 4.78 is 5.37. The highest BCUT2D eigenvalue weighted by molar-refractivity contribution is 14.0. The molecular formula is C23H36IN7O2. The molecule has 1 fully saturated rings. The third-order valence-electron chi connectivity index (χ3n) is 5.17. The van der Waals surface area contributed by atoms with Gasteiger partial charge in [0.25, 0.3) is 0 Å². The molecule has 1 heterocycles. The number of ether oxygens (including phenoxy) is 1. The summed E-state index contributed by atoms with van der Waals surface area (Å²) in [6.45, 7) is 9.04. The number of nitrogens with one attached hydrogen (secondary N) is 4. The van der Waals surface area contributed by atoms with Gasteiger partial charge in [-0.1, -0.05) is 18.2 Å². The summed E-state index contributed by atoms with van der Waals surface area (Å²) in [5, 5.41) is 16.7. The highest BCUT2D eigenvalue weighted by Crippen LogP contribution is 2.20. The molecule has 0 saturated heterocycles. The number of benzene rings is 1. The monoisotopic (exact) mass is 569 g/mol. The number of hydrogen-bond acceptors (Lipinski definition) is 5. The zero-order valence-corrected chi connectivity index (χ0v) is 22.2. The van der Waals surface area contributed by atoms with Crippen LogP contribution in [-0.4, -0.2) is 51.5 Å². The summed E-state index contributed by atoms with van der Waals surface area (Å²) in [4.78, 5) is 21.0. The van der Waals surface area contributed by atoms with Crippen LogP contribution in [0.15, 0.2) is 35.6 Å². The molecule has 1 aliphatic carbocycles. The second kappa shape index (κ2) is 12.8. The maximum Gasteiger partial charge on any atom is 0.407 e. The lowest BCUT2D eigenvalue weighted by molar-refractivity contribution is 0.0490. The molecule has 0 bridgehead atoms. The van der Waals surface area contributed by atoms with Crippen LogP contribution in [0.3, 0.4) is 0 Å².